The monoisotopic (exact) mass is 316 g/mol. The Kier molecular flexibility index (Phi) is 5.16. The Labute approximate surface area is 134 Å². The lowest BCUT2D eigenvalue weighted by Crippen LogP contribution is -2.44. The molecule has 2 aromatic rings. The van der Waals surface area contributed by atoms with Crippen molar-refractivity contribution in [3.8, 4) is 0 Å². The lowest BCUT2D eigenvalue weighted by Gasteiger charge is -2.25. The second-order valence-electron chi connectivity index (χ2n) is 5.53. The molecule has 0 aliphatic rings. The summed E-state index contributed by atoms with van der Waals surface area (Å²) in [6, 6.07) is 8.35. The number of hydrogen-bond donors (Lipinski definition) is 1. The van der Waals surface area contributed by atoms with Crippen LogP contribution in [0, 0.1) is 13.8 Å². The third-order valence-electron chi connectivity index (χ3n) is 3.93. The van der Waals surface area contributed by atoms with Gasteiger partial charge in [-0.15, -0.1) is 0 Å². The van der Waals surface area contributed by atoms with Gasteiger partial charge in [-0.3, -0.25) is 4.79 Å². The average molecular weight is 316 g/mol. The molecule has 0 aliphatic heterocycles. The van der Waals surface area contributed by atoms with Gasteiger partial charge in [0, 0.05) is 19.0 Å². The minimum Gasteiger partial charge on any atom is -0.480 e. The number of carboxylic acids is 1. The highest BCUT2D eigenvalue weighted by Crippen LogP contribution is 2.15. The van der Waals surface area contributed by atoms with E-state index in [1.54, 1.807) is 13.8 Å². The fourth-order valence-corrected chi connectivity index (χ4v) is 2.43. The highest BCUT2D eigenvalue weighted by Gasteiger charge is 2.27. The SMILES string of the molecule is Cc1noc(C)c1CC(=O)N(C)C(Cc1ccccc1)C(=O)O. The second kappa shape index (κ2) is 7.09. The van der Waals surface area contributed by atoms with Crippen LogP contribution in [0.2, 0.25) is 0 Å². The van der Waals surface area contributed by atoms with Crippen LogP contribution in [0.5, 0.6) is 0 Å². The average Bonchev–Trinajstić information content (AvgIpc) is 2.84. The van der Waals surface area contributed by atoms with E-state index in [2.05, 4.69) is 5.16 Å². The lowest BCUT2D eigenvalue weighted by molar-refractivity contribution is -0.148. The number of carbonyl (C=O) groups excluding carboxylic acids is 1. The summed E-state index contributed by atoms with van der Waals surface area (Å²) in [7, 11) is 1.52. The minimum atomic E-state index is -1.02. The van der Waals surface area contributed by atoms with Crippen molar-refractivity contribution in [2.45, 2.75) is 32.7 Å². The van der Waals surface area contributed by atoms with Crippen molar-refractivity contribution in [3.05, 3.63) is 52.9 Å². The van der Waals surface area contributed by atoms with E-state index in [0.29, 0.717) is 17.0 Å². The summed E-state index contributed by atoms with van der Waals surface area (Å²) < 4.78 is 5.04. The van der Waals surface area contributed by atoms with Crippen LogP contribution in [0.1, 0.15) is 22.6 Å². The molecule has 122 valence electrons. The quantitative estimate of drug-likeness (QED) is 0.881. The normalized spacial score (nSPS) is 12.0. The number of rotatable bonds is 6. The largest absolute Gasteiger partial charge is 0.480 e. The fraction of sp³-hybridized carbons (Fsp3) is 0.353. The number of aliphatic carboxylic acids is 1. The molecule has 6 nitrogen and oxygen atoms in total. The van der Waals surface area contributed by atoms with E-state index in [-0.39, 0.29) is 18.7 Å². The van der Waals surface area contributed by atoms with Crippen molar-refractivity contribution < 1.29 is 19.2 Å². The maximum Gasteiger partial charge on any atom is 0.326 e. The minimum absolute atomic E-state index is 0.0796. The molecular formula is C17H20N2O4. The van der Waals surface area contributed by atoms with Crippen LogP contribution in [-0.2, 0) is 22.4 Å². The van der Waals surface area contributed by atoms with Crippen molar-refractivity contribution in [1.82, 2.24) is 10.1 Å². The van der Waals surface area contributed by atoms with Crippen LogP contribution in [0.4, 0.5) is 0 Å². The Morgan fingerprint density at radius 2 is 1.91 bits per heavy atom. The second-order valence-corrected chi connectivity index (χ2v) is 5.53. The molecule has 1 aromatic carbocycles. The molecule has 1 heterocycles. The van der Waals surface area contributed by atoms with E-state index in [9.17, 15) is 14.7 Å². The molecule has 23 heavy (non-hydrogen) atoms. The summed E-state index contributed by atoms with van der Waals surface area (Å²) in [5.74, 6) is -0.717. The zero-order valence-electron chi connectivity index (χ0n) is 13.4. The Morgan fingerprint density at radius 1 is 1.26 bits per heavy atom. The van der Waals surface area contributed by atoms with Crippen molar-refractivity contribution >= 4 is 11.9 Å². The zero-order valence-corrected chi connectivity index (χ0v) is 13.4. The Balaban J connectivity index is 2.12. The number of benzene rings is 1. The van der Waals surface area contributed by atoms with Gasteiger partial charge < -0.3 is 14.5 Å². The van der Waals surface area contributed by atoms with Crippen LogP contribution in [-0.4, -0.2) is 40.1 Å². The fourth-order valence-electron chi connectivity index (χ4n) is 2.43. The molecule has 2 rings (SSSR count). The molecule has 0 radical (unpaired) electrons. The van der Waals surface area contributed by atoms with Crippen LogP contribution in [0.15, 0.2) is 34.9 Å². The van der Waals surface area contributed by atoms with Gasteiger partial charge in [0.15, 0.2) is 0 Å². The predicted molar refractivity (Wildman–Crippen MR) is 84.0 cm³/mol. The molecule has 6 heteroatoms. The van der Waals surface area contributed by atoms with E-state index in [1.807, 2.05) is 30.3 Å². The van der Waals surface area contributed by atoms with E-state index >= 15 is 0 Å². The van der Waals surface area contributed by atoms with Crippen molar-refractivity contribution in [3.63, 3.8) is 0 Å². The molecule has 1 amide bonds. The zero-order chi connectivity index (χ0) is 17.0. The summed E-state index contributed by atoms with van der Waals surface area (Å²) in [5, 5.41) is 13.3. The molecule has 0 saturated heterocycles. The Morgan fingerprint density at radius 3 is 2.43 bits per heavy atom. The van der Waals surface area contributed by atoms with Crippen LogP contribution in [0.25, 0.3) is 0 Å². The summed E-state index contributed by atoms with van der Waals surface area (Å²) in [5.41, 5.74) is 2.24. The van der Waals surface area contributed by atoms with Gasteiger partial charge in [0.2, 0.25) is 5.91 Å². The summed E-state index contributed by atoms with van der Waals surface area (Å²) >= 11 is 0. The van der Waals surface area contributed by atoms with Gasteiger partial charge in [0.1, 0.15) is 11.8 Å². The third kappa shape index (κ3) is 3.97. The van der Waals surface area contributed by atoms with Gasteiger partial charge in [0.05, 0.1) is 12.1 Å². The molecule has 0 spiro atoms. The molecule has 1 aromatic heterocycles. The highest BCUT2D eigenvalue weighted by atomic mass is 16.5. The first-order valence-electron chi connectivity index (χ1n) is 7.34. The molecular weight excluding hydrogens is 296 g/mol. The van der Waals surface area contributed by atoms with Gasteiger partial charge >= 0.3 is 5.97 Å². The van der Waals surface area contributed by atoms with E-state index in [0.717, 1.165) is 5.56 Å². The van der Waals surface area contributed by atoms with Crippen molar-refractivity contribution in [2.24, 2.45) is 0 Å². The first kappa shape index (κ1) is 16.7. The Hall–Kier alpha value is -2.63. The standard InChI is InChI=1S/C17H20N2O4/c1-11-14(12(2)23-18-11)10-16(20)19(3)15(17(21)22)9-13-7-5-4-6-8-13/h4-8,15H,9-10H2,1-3H3,(H,21,22). The number of likely N-dealkylation sites (N-methyl/N-ethyl adjacent to an activating group) is 1. The van der Waals surface area contributed by atoms with Gasteiger partial charge in [-0.1, -0.05) is 35.5 Å². The smallest absolute Gasteiger partial charge is 0.326 e. The van der Waals surface area contributed by atoms with Gasteiger partial charge in [-0.25, -0.2) is 4.79 Å². The molecule has 1 unspecified atom stereocenters. The lowest BCUT2D eigenvalue weighted by atomic mass is 10.0. The number of aromatic nitrogens is 1. The highest BCUT2D eigenvalue weighted by molar-refractivity contribution is 5.85. The Bertz CT molecular complexity index is 674. The number of aryl methyl sites for hydroxylation is 2. The molecule has 0 bridgehead atoms. The van der Waals surface area contributed by atoms with Crippen molar-refractivity contribution in [2.75, 3.05) is 7.05 Å². The molecule has 0 aliphatic carbocycles. The van der Waals surface area contributed by atoms with Crippen LogP contribution in [0.3, 0.4) is 0 Å². The summed E-state index contributed by atoms with van der Waals surface area (Å²) in [4.78, 5) is 25.3. The van der Waals surface area contributed by atoms with Gasteiger partial charge in [0.25, 0.3) is 0 Å². The summed E-state index contributed by atoms with van der Waals surface area (Å²) in [6.45, 7) is 3.50. The summed E-state index contributed by atoms with van der Waals surface area (Å²) in [6.07, 6.45) is 0.344. The third-order valence-corrected chi connectivity index (χ3v) is 3.93. The number of amides is 1. The molecule has 1 atom stereocenters. The van der Waals surface area contributed by atoms with Gasteiger partial charge in [-0.2, -0.15) is 0 Å². The van der Waals surface area contributed by atoms with E-state index in [1.165, 1.54) is 11.9 Å². The molecule has 0 fully saturated rings. The van der Waals surface area contributed by atoms with E-state index in [4.69, 9.17) is 4.52 Å². The number of hydrogen-bond acceptors (Lipinski definition) is 4. The predicted octanol–water partition coefficient (Wildman–Crippen LogP) is 1.99. The first-order chi connectivity index (χ1) is 10.9. The van der Waals surface area contributed by atoms with Gasteiger partial charge in [-0.05, 0) is 19.4 Å². The molecule has 1 N–H and O–H groups in total. The number of carbonyl (C=O) groups is 2. The molecule has 0 saturated carbocycles. The number of carboxylic acid groups (broad SMARTS) is 1. The maximum atomic E-state index is 12.4. The topological polar surface area (TPSA) is 83.6 Å². The van der Waals surface area contributed by atoms with Crippen LogP contribution >= 0.6 is 0 Å². The first-order valence-corrected chi connectivity index (χ1v) is 7.34. The van der Waals surface area contributed by atoms with E-state index < -0.39 is 12.0 Å². The maximum absolute atomic E-state index is 12.4. The van der Waals surface area contributed by atoms with Crippen molar-refractivity contribution in [1.29, 1.82) is 0 Å². The van der Waals surface area contributed by atoms with Crippen LogP contribution < -0.4 is 0 Å². The number of nitrogens with zero attached hydrogens (tertiary/aromatic N) is 2.